The number of likely N-dealkylation sites (N-methyl/N-ethyl adjacent to an activating group) is 3. The lowest BCUT2D eigenvalue weighted by Gasteiger charge is -2.38. The van der Waals surface area contributed by atoms with Crippen LogP contribution in [0.25, 0.3) is 10.4 Å². The summed E-state index contributed by atoms with van der Waals surface area (Å²) in [5.41, 5.74) is 1.83. The highest BCUT2D eigenvalue weighted by Crippen LogP contribution is 2.43. The lowest BCUT2D eigenvalue weighted by Crippen LogP contribution is -2.61. The first kappa shape index (κ1) is 49.3. The topological polar surface area (TPSA) is 205 Å². The number of amides is 7. The van der Waals surface area contributed by atoms with Gasteiger partial charge >= 0.3 is 0 Å². The average molecular weight is 939 g/mol. The maximum atomic E-state index is 14.9. The lowest BCUT2D eigenvalue weighted by molar-refractivity contribution is -0.149. The molecular weight excluding hydrogens is 877 g/mol. The molecule has 1 aromatic carbocycles. The summed E-state index contributed by atoms with van der Waals surface area (Å²) in [6.07, 6.45) is 3.70. The van der Waals surface area contributed by atoms with Crippen molar-refractivity contribution < 1.29 is 38.0 Å². The molecule has 4 fully saturated rings. The third-order valence-electron chi connectivity index (χ3n) is 13.4. The normalized spacial score (nSPS) is 26.2. The van der Waals surface area contributed by atoms with E-state index in [1.165, 1.54) is 40.1 Å². The predicted molar refractivity (Wildman–Crippen MR) is 241 cm³/mol. The van der Waals surface area contributed by atoms with Gasteiger partial charge in [-0.1, -0.05) is 31.5 Å². The van der Waals surface area contributed by atoms with Crippen LogP contribution in [0.3, 0.4) is 0 Å². The van der Waals surface area contributed by atoms with Gasteiger partial charge in [0.15, 0.2) is 0 Å². The smallest absolute Gasteiger partial charge is 0.245 e. The number of thiazole rings is 1. The average Bonchev–Trinajstić information content (AvgIpc) is 3.79. The standard InChI is InChI=1S/C46H61ClFN9O7S/c1-26(2)18-33-43(62)56(6)35(20-29-19-30(47)13-14-32(29)37-22-50-25-65-37)40(59)51-27(3)42(61)54(4)17-8-7-10-34(39(58)52-33)55(5)44(63)38(28-11-12-28)53-41(60)36-21-31(48)23-57(36)45(64)46(24-49)15-9-16-46/h13-14,19,22,25-28,31,33-36,38H,7-12,15-18,20-21,23H2,1-6H3,(H,51,59)(H,52,58)(H,53,60)/t27-,31-,33+,34+,35+,36+,38+/m1/s1. The van der Waals surface area contributed by atoms with E-state index >= 15 is 0 Å². The summed E-state index contributed by atoms with van der Waals surface area (Å²) in [5.74, 6) is -4.31. The number of nitriles is 1. The Labute approximate surface area is 389 Å². The molecule has 0 unspecified atom stereocenters. The monoisotopic (exact) mass is 937 g/mol. The molecule has 352 valence electrons. The van der Waals surface area contributed by atoms with Crippen molar-refractivity contribution in [3.8, 4) is 16.5 Å². The van der Waals surface area contributed by atoms with Crippen molar-refractivity contribution >= 4 is 64.3 Å². The van der Waals surface area contributed by atoms with E-state index in [1.807, 2.05) is 19.9 Å². The fourth-order valence-corrected chi connectivity index (χ4v) is 10.0. The number of benzene rings is 1. The summed E-state index contributed by atoms with van der Waals surface area (Å²) in [6.45, 7) is 5.33. The number of halogens is 2. The Morgan fingerprint density at radius 1 is 1.06 bits per heavy atom. The second-order valence-corrected chi connectivity index (χ2v) is 20.0. The maximum absolute atomic E-state index is 14.9. The number of nitrogens with one attached hydrogen (secondary N) is 3. The van der Waals surface area contributed by atoms with Crippen LogP contribution in [-0.4, -0.2) is 143 Å². The molecule has 7 atom stereocenters. The molecule has 2 aromatic rings. The van der Waals surface area contributed by atoms with E-state index in [1.54, 1.807) is 37.8 Å². The zero-order valence-electron chi connectivity index (χ0n) is 38.0. The van der Waals surface area contributed by atoms with Crippen LogP contribution in [-0.2, 0) is 40.0 Å². The molecule has 0 radical (unpaired) electrons. The zero-order chi connectivity index (χ0) is 47.3. The first-order chi connectivity index (χ1) is 30.8. The molecule has 6 rings (SSSR count). The highest BCUT2D eigenvalue weighted by molar-refractivity contribution is 7.13. The van der Waals surface area contributed by atoms with Crippen LogP contribution in [0.2, 0.25) is 5.02 Å². The Morgan fingerprint density at radius 3 is 2.40 bits per heavy atom. The molecular formula is C46H61ClFN9O7S. The highest BCUT2D eigenvalue weighted by atomic mass is 35.5. The summed E-state index contributed by atoms with van der Waals surface area (Å²) >= 11 is 7.89. The number of hydrogen-bond donors (Lipinski definition) is 3. The van der Waals surface area contributed by atoms with E-state index in [0.29, 0.717) is 55.5 Å². The molecule has 2 saturated carbocycles. The van der Waals surface area contributed by atoms with Gasteiger partial charge < -0.3 is 35.6 Å². The molecule has 0 bridgehead atoms. The van der Waals surface area contributed by atoms with Crippen LogP contribution in [0.4, 0.5) is 4.39 Å². The van der Waals surface area contributed by atoms with Crippen LogP contribution < -0.4 is 16.0 Å². The van der Waals surface area contributed by atoms with E-state index < -0.39 is 83.3 Å². The van der Waals surface area contributed by atoms with E-state index in [-0.39, 0.29) is 56.5 Å². The molecule has 19 heteroatoms. The van der Waals surface area contributed by atoms with Crippen LogP contribution in [0.15, 0.2) is 29.9 Å². The van der Waals surface area contributed by atoms with E-state index in [9.17, 15) is 43.2 Å². The number of carbonyl (C=O) groups excluding carboxylic acids is 7. The SMILES string of the molecule is CC(C)C[C@@H]1NC(=O)[C@@H](N(C)C(=O)[C@@H](NC(=O)[C@@H]2C[C@@H](F)CN2C(=O)C2(C#N)CCC2)C2CC2)CCCCN(C)C(=O)[C@@H](C)NC(=O)[C@H](Cc2cc(Cl)ccc2-c2cncs2)N(C)C1=O. The molecule has 2 aliphatic carbocycles. The van der Waals surface area contributed by atoms with E-state index in [4.69, 9.17) is 11.6 Å². The number of alkyl halides is 1. The maximum Gasteiger partial charge on any atom is 0.245 e. The highest BCUT2D eigenvalue weighted by Gasteiger charge is 2.53. The molecule has 1 aromatic heterocycles. The number of likely N-dealkylation sites (tertiary alicyclic amines) is 1. The van der Waals surface area contributed by atoms with Gasteiger partial charge in [-0.15, -0.1) is 11.3 Å². The summed E-state index contributed by atoms with van der Waals surface area (Å²) in [5, 5.41) is 18.8. The minimum Gasteiger partial charge on any atom is -0.344 e. The lowest BCUT2D eigenvalue weighted by atomic mass is 9.69. The molecule has 2 saturated heterocycles. The second kappa shape index (κ2) is 21.0. The number of aromatic nitrogens is 1. The van der Waals surface area contributed by atoms with E-state index in [2.05, 4.69) is 27.0 Å². The van der Waals surface area contributed by atoms with Crippen LogP contribution in [0.1, 0.15) is 90.5 Å². The van der Waals surface area contributed by atoms with Gasteiger partial charge in [-0.3, -0.25) is 38.5 Å². The molecule has 0 spiro atoms. The van der Waals surface area contributed by atoms with Crippen molar-refractivity contribution in [1.29, 1.82) is 5.26 Å². The Morgan fingerprint density at radius 2 is 1.78 bits per heavy atom. The van der Waals surface area contributed by atoms with Gasteiger partial charge in [0.25, 0.3) is 0 Å². The molecule has 3 heterocycles. The minimum absolute atomic E-state index is 0.00700. The van der Waals surface area contributed by atoms with Crippen molar-refractivity contribution in [2.75, 3.05) is 34.2 Å². The zero-order valence-corrected chi connectivity index (χ0v) is 39.6. The molecule has 7 amide bonds. The number of hydrogen-bond acceptors (Lipinski definition) is 10. The molecule has 2 aliphatic heterocycles. The Kier molecular flexibility index (Phi) is 15.9. The second-order valence-electron chi connectivity index (χ2n) is 18.7. The number of rotatable bonds is 11. The molecule has 16 nitrogen and oxygen atoms in total. The minimum atomic E-state index is -1.48. The number of carbonyl (C=O) groups is 7. The molecule has 3 N–H and O–H groups in total. The van der Waals surface area contributed by atoms with Gasteiger partial charge in [-0.25, -0.2) is 4.39 Å². The Hall–Kier alpha value is -5.15. The fourth-order valence-electron chi connectivity index (χ4n) is 9.16. The first-order valence-corrected chi connectivity index (χ1v) is 23.8. The largest absolute Gasteiger partial charge is 0.344 e. The quantitative estimate of drug-likeness (QED) is 0.299. The summed E-state index contributed by atoms with van der Waals surface area (Å²) < 4.78 is 14.9. The van der Waals surface area contributed by atoms with Gasteiger partial charge in [0, 0.05) is 51.7 Å². The van der Waals surface area contributed by atoms with Gasteiger partial charge in [0.05, 0.1) is 23.0 Å². The molecule has 4 aliphatic rings. The summed E-state index contributed by atoms with van der Waals surface area (Å²) in [6, 6.07) is 0.715. The van der Waals surface area contributed by atoms with Crippen molar-refractivity contribution in [2.45, 2.75) is 134 Å². The third-order valence-corrected chi connectivity index (χ3v) is 14.4. The van der Waals surface area contributed by atoms with Crippen LogP contribution in [0.5, 0.6) is 0 Å². The van der Waals surface area contributed by atoms with Crippen LogP contribution in [0, 0.1) is 28.6 Å². The Bertz CT molecular complexity index is 2160. The Balaban J connectivity index is 1.27. The molecule has 65 heavy (non-hydrogen) atoms. The van der Waals surface area contributed by atoms with Gasteiger partial charge in [-0.05, 0) is 99.8 Å². The number of nitrogens with zero attached hydrogens (tertiary/aromatic N) is 6. The third kappa shape index (κ3) is 11.3. The van der Waals surface area contributed by atoms with Crippen molar-refractivity contribution in [1.82, 2.24) is 40.5 Å². The van der Waals surface area contributed by atoms with Crippen LogP contribution >= 0.6 is 22.9 Å². The fraction of sp³-hybridized carbons (Fsp3) is 0.630. The predicted octanol–water partition coefficient (Wildman–Crippen LogP) is 3.87. The van der Waals surface area contributed by atoms with Crippen molar-refractivity contribution in [3.63, 3.8) is 0 Å². The van der Waals surface area contributed by atoms with Crippen molar-refractivity contribution in [2.24, 2.45) is 17.3 Å². The summed E-state index contributed by atoms with van der Waals surface area (Å²) in [4.78, 5) is 110. The summed E-state index contributed by atoms with van der Waals surface area (Å²) in [7, 11) is 4.57. The van der Waals surface area contributed by atoms with Gasteiger partial charge in [-0.2, -0.15) is 5.26 Å². The van der Waals surface area contributed by atoms with Gasteiger partial charge in [0.2, 0.25) is 41.4 Å². The van der Waals surface area contributed by atoms with Gasteiger partial charge in [0.1, 0.15) is 47.8 Å². The van der Waals surface area contributed by atoms with Crippen molar-refractivity contribution in [3.05, 3.63) is 40.5 Å². The van der Waals surface area contributed by atoms with E-state index in [0.717, 1.165) is 15.3 Å². The first-order valence-electron chi connectivity index (χ1n) is 22.6.